The van der Waals surface area contributed by atoms with E-state index in [2.05, 4.69) is 6.07 Å². The Bertz CT molecular complexity index is 952. The van der Waals surface area contributed by atoms with Crippen LogP contribution in [0.1, 0.15) is 35.1 Å². The lowest BCUT2D eigenvalue weighted by atomic mass is 9.81. The summed E-state index contributed by atoms with van der Waals surface area (Å²) in [5.41, 5.74) is 2.56. The van der Waals surface area contributed by atoms with Gasteiger partial charge in [-0.15, -0.1) is 0 Å². The lowest BCUT2D eigenvalue weighted by Gasteiger charge is -2.32. The van der Waals surface area contributed by atoms with E-state index in [4.69, 9.17) is 13.8 Å². The van der Waals surface area contributed by atoms with Gasteiger partial charge in [-0.25, -0.2) is 13.6 Å². The van der Waals surface area contributed by atoms with Crippen LogP contribution >= 0.6 is 7.75 Å². The third kappa shape index (κ3) is 4.13. The number of halogens is 1. The summed E-state index contributed by atoms with van der Waals surface area (Å²) < 4.78 is 43.9. The number of nitrogens with zero attached hydrogens (tertiary/aromatic N) is 2. The van der Waals surface area contributed by atoms with Gasteiger partial charge in [-0.2, -0.15) is 5.26 Å². The van der Waals surface area contributed by atoms with Crippen molar-refractivity contribution >= 4 is 7.75 Å². The number of benzene rings is 2. The van der Waals surface area contributed by atoms with Crippen LogP contribution in [0, 0.1) is 17.1 Å². The van der Waals surface area contributed by atoms with Crippen molar-refractivity contribution in [3.63, 3.8) is 0 Å². The maximum absolute atomic E-state index is 13.5. The summed E-state index contributed by atoms with van der Waals surface area (Å²) in [6.07, 6.45) is 1.21. The van der Waals surface area contributed by atoms with Gasteiger partial charge >= 0.3 is 7.75 Å². The fraction of sp³-hybridized carbons (Fsp3) is 0.381. The largest absolute Gasteiger partial charge is 0.407 e. The number of hydrogen-bond acceptors (Lipinski definition) is 5. The fourth-order valence-electron chi connectivity index (χ4n) is 3.80. The highest BCUT2D eigenvalue weighted by Crippen LogP contribution is 2.50. The molecule has 0 fully saturated rings. The van der Waals surface area contributed by atoms with E-state index < -0.39 is 13.3 Å². The highest BCUT2D eigenvalue weighted by molar-refractivity contribution is 7.51. The van der Waals surface area contributed by atoms with Crippen LogP contribution in [-0.4, -0.2) is 32.5 Å². The van der Waals surface area contributed by atoms with Crippen LogP contribution in [0.5, 0.6) is 0 Å². The summed E-state index contributed by atoms with van der Waals surface area (Å²) >= 11 is 0. The van der Waals surface area contributed by atoms with Crippen molar-refractivity contribution in [3.8, 4) is 6.07 Å². The van der Waals surface area contributed by atoms with Crippen LogP contribution in [0.4, 0.5) is 4.39 Å². The Morgan fingerprint density at radius 3 is 2.55 bits per heavy atom. The van der Waals surface area contributed by atoms with Gasteiger partial charge in [-0.1, -0.05) is 18.2 Å². The second kappa shape index (κ2) is 8.74. The van der Waals surface area contributed by atoms with E-state index in [9.17, 15) is 14.2 Å². The summed E-state index contributed by atoms with van der Waals surface area (Å²) in [5, 5.41) is 9.18. The standard InChI is InChI=1S/C21H24FN2O4P/c1-24(29(25,26-2)27-3)12-4-11-21(18-6-8-19(22)9-7-18)20-10-5-16(14-23)13-17(20)15-28-21/h5-10,13H,4,11-12,15H2,1-3H3. The van der Waals surface area contributed by atoms with Gasteiger partial charge in [-0.3, -0.25) is 9.05 Å². The molecule has 1 heterocycles. The average Bonchev–Trinajstić information content (AvgIpc) is 3.12. The molecule has 154 valence electrons. The van der Waals surface area contributed by atoms with Crippen LogP contribution in [0.25, 0.3) is 0 Å². The Morgan fingerprint density at radius 1 is 1.24 bits per heavy atom. The molecule has 0 amide bonds. The summed E-state index contributed by atoms with van der Waals surface area (Å²) in [6.45, 7) is 0.823. The molecule has 1 aliphatic rings. The molecule has 1 aliphatic heterocycles. The Labute approximate surface area is 170 Å². The number of ether oxygens (including phenoxy) is 1. The molecule has 3 rings (SSSR count). The van der Waals surface area contributed by atoms with Crippen molar-refractivity contribution in [1.82, 2.24) is 4.67 Å². The van der Waals surface area contributed by atoms with Crippen molar-refractivity contribution in [3.05, 3.63) is 70.5 Å². The van der Waals surface area contributed by atoms with E-state index in [1.165, 1.54) is 26.4 Å². The molecule has 0 N–H and O–H groups in total. The summed E-state index contributed by atoms with van der Waals surface area (Å²) in [6, 6.07) is 13.9. The van der Waals surface area contributed by atoms with E-state index in [0.717, 1.165) is 16.7 Å². The molecule has 0 bridgehead atoms. The molecule has 0 spiro atoms. The monoisotopic (exact) mass is 418 g/mol. The van der Waals surface area contributed by atoms with Crippen LogP contribution in [0.15, 0.2) is 42.5 Å². The van der Waals surface area contributed by atoms with Gasteiger partial charge in [0, 0.05) is 20.8 Å². The molecule has 2 aromatic rings. The van der Waals surface area contributed by atoms with E-state index in [1.54, 1.807) is 29.9 Å². The third-order valence-electron chi connectivity index (χ3n) is 5.34. The van der Waals surface area contributed by atoms with Crippen LogP contribution in [0.3, 0.4) is 0 Å². The minimum atomic E-state index is -3.30. The second-order valence-corrected chi connectivity index (χ2v) is 9.28. The van der Waals surface area contributed by atoms with E-state index in [0.29, 0.717) is 31.6 Å². The quantitative estimate of drug-likeness (QED) is 0.584. The minimum Gasteiger partial charge on any atom is -0.361 e. The maximum Gasteiger partial charge on any atom is 0.407 e. The van der Waals surface area contributed by atoms with Crippen LogP contribution in [0.2, 0.25) is 0 Å². The SMILES string of the molecule is COP(=O)(OC)N(C)CCCC1(c2ccc(F)cc2)OCc2cc(C#N)ccc21. The summed E-state index contributed by atoms with van der Waals surface area (Å²) in [5.74, 6) is -0.317. The smallest absolute Gasteiger partial charge is 0.361 e. The van der Waals surface area contributed by atoms with Gasteiger partial charge in [0.05, 0.1) is 18.2 Å². The number of rotatable bonds is 8. The Balaban J connectivity index is 1.90. The topological polar surface area (TPSA) is 71.8 Å². The molecule has 0 radical (unpaired) electrons. The minimum absolute atomic E-state index is 0.317. The van der Waals surface area contributed by atoms with Crippen molar-refractivity contribution in [2.45, 2.75) is 25.0 Å². The maximum atomic E-state index is 13.5. The van der Waals surface area contributed by atoms with Gasteiger partial charge in [0.25, 0.3) is 0 Å². The molecule has 29 heavy (non-hydrogen) atoms. The van der Waals surface area contributed by atoms with Crippen LogP contribution < -0.4 is 0 Å². The van der Waals surface area contributed by atoms with Crippen molar-refractivity contribution in [2.75, 3.05) is 27.8 Å². The van der Waals surface area contributed by atoms with Crippen molar-refractivity contribution in [1.29, 1.82) is 5.26 Å². The molecule has 6 nitrogen and oxygen atoms in total. The highest BCUT2D eigenvalue weighted by atomic mass is 31.2. The molecule has 0 aromatic heterocycles. The molecule has 2 aromatic carbocycles. The predicted molar refractivity (Wildman–Crippen MR) is 107 cm³/mol. The van der Waals surface area contributed by atoms with Gasteiger partial charge in [-0.05, 0) is 60.8 Å². The predicted octanol–water partition coefficient (Wildman–Crippen LogP) is 4.58. The lowest BCUT2D eigenvalue weighted by Crippen LogP contribution is -2.29. The Kier molecular flexibility index (Phi) is 6.52. The lowest BCUT2D eigenvalue weighted by molar-refractivity contribution is -0.0138. The first-order chi connectivity index (χ1) is 13.9. The molecule has 1 unspecified atom stereocenters. The van der Waals surface area contributed by atoms with E-state index in [-0.39, 0.29) is 5.82 Å². The van der Waals surface area contributed by atoms with Gasteiger partial charge < -0.3 is 4.74 Å². The van der Waals surface area contributed by atoms with Crippen molar-refractivity contribution in [2.24, 2.45) is 0 Å². The molecular formula is C21H24FN2O4P. The van der Waals surface area contributed by atoms with Gasteiger partial charge in [0.2, 0.25) is 0 Å². The summed E-state index contributed by atoms with van der Waals surface area (Å²) in [4.78, 5) is 0. The zero-order chi connectivity index (χ0) is 21.1. The first-order valence-corrected chi connectivity index (χ1v) is 10.7. The molecule has 0 saturated carbocycles. The fourth-order valence-corrected chi connectivity index (χ4v) is 4.89. The van der Waals surface area contributed by atoms with E-state index in [1.807, 2.05) is 12.1 Å². The van der Waals surface area contributed by atoms with Gasteiger partial charge in [0.1, 0.15) is 11.4 Å². The zero-order valence-corrected chi connectivity index (χ0v) is 17.6. The molecule has 0 aliphatic carbocycles. The normalized spacial score (nSPS) is 18.6. The number of hydrogen-bond donors (Lipinski definition) is 0. The molecule has 0 saturated heterocycles. The first kappa shape index (κ1) is 21.6. The number of fused-ring (bicyclic) bond motifs is 1. The van der Waals surface area contributed by atoms with E-state index >= 15 is 0 Å². The molecule has 8 heteroatoms. The second-order valence-electron chi connectivity index (χ2n) is 6.92. The van der Waals surface area contributed by atoms with Crippen molar-refractivity contribution < 1.29 is 22.7 Å². The van der Waals surface area contributed by atoms with Gasteiger partial charge in [0.15, 0.2) is 0 Å². The number of nitriles is 1. The average molecular weight is 418 g/mol. The summed E-state index contributed by atoms with van der Waals surface area (Å²) in [7, 11) is 1.08. The van der Waals surface area contributed by atoms with Crippen LogP contribution in [-0.2, 0) is 30.6 Å². The Morgan fingerprint density at radius 2 is 1.93 bits per heavy atom. The Hall–Kier alpha value is -2.07. The molecular weight excluding hydrogens is 394 g/mol. The third-order valence-corrected chi connectivity index (χ3v) is 7.30. The zero-order valence-electron chi connectivity index (χ0n) is 16.7. The molecule has 1 atom stereocenters. The highest BCUT2D eigenvalue weighted by Gasteiger charge is 2.42. The first-order valence-electron chi connectivity index (χ1n) is 9.25.